The lowest BCUT2D eigenvalue weighted by Gasteiger charge is -2.06. The fourth-order valence-electron chi connectivity index (χ4n) is 0.883. The number of anilines is 2. The highest BCUT2D eigenvalue weighted by molar-refractivity contribution is 7.98. The number of nitrogens with zero attached hydrogens (tertiary/aromatic N) is 2. The summed E-state index contributed by atoms with van der Waals surface area (Å²) in [6.45, 7) is 0.693. The lowest BCUT2D eigenvalue weighted by Crippen LogP contribution is -2.09. The topological polar surface area (TPSA) is 49.8 Å². The number of hydrogen-bond donors (Lipinski definition) is 2. The van der Waals surface area contributed by atoms with Crippen molar-refractivity contribution in [3.8, 4) is 0 Å². The van der Waals surface area contributed by atoms with Gasteiger partial charge in [-0.1, -0.05) is 0 Å². The lowest BCUT2D eigenvalue weighted by molar-refractivity contribution is 0.618. The Morgan fingerprint density at radius 2 is 2.36 bits per heavy atom. The minimum absolute atomic E-state index is 0.249. The van der Waals surface area contributed by atoms with Crippen LogP contribution in [0.1, 0.15) is 0 Å². The van der Waals surface area contributed by atoms with Crippen molar-refractivity contribution in [1.82, 2.24) is 9.97 Å². The molecule has 0 saturated heterocycles. The Labute approximate surface area is 86.7 Å². The molecule has 2 N–H and O–H groups in total. The van der Waals surface area contributed by atoms with Crippen LogP contribution >= 0.6 is 11.8 Å². The molecule has 14 heavy (non-hydrogen) atoms. The molecule has 1 aromatic rings. The molecule has 0 aliphatic heterocycles. The second kappa shape index (κ2) is 5.64. The monoisotopic (exact) mass is 216 g/mol. The summed E-state index contributed by atoms with van der Waals surface area (Å²) < 4.78 is 13.1. The van der Waals surface area contributed by atoms with Crippen LogP contribution in [-0.4, -0.2) is 35.6 Å². The maximum absolute atomic E-state index is 13.1. The van der Waals surface area contributed by atoms with Gasteiger partial charge in [0.15, 0.2) is 11.6 Å². The van der Waals surface area contributed by atoms with Crippen molar-refractivity contribution in [1.29, 1.82) is 0 Å². The van der Waals surface area contributed by atoms with Crippen LogP contribution in [-0.2, 0) is 0 Å². The van der Waals surface area contributed by atoms with Crippen molar-refractivity contribution in [2.75, 3.05) is 36.2 Å². The van der Waals surface area contributed by atoms with E-state index in [0.717, 1.165) is 11.9 Å². The average molecular weight is 216 g/mol. The Morgan fingerprint density at radius 3 is 3.00 bits per heavy atom. The van der Waals surface area contributed by atoms with Gasteiger partial charge >= 0.3 is 0 Å². The number of hydrogen-bond acceptors (Lipinski definition) is 5. The molecule has 0 aliphatic carbocycles. The molecule has 0 aromatic carbocycles. The zero-order valence-corrected chi connectivity index (χ0v) is 8.99. The summed E-state index contributed by atoms with van der Waals surface area (Å²) in [4.78, 5) is 7.69. The highest BCUT2D eigenvalue weighted by Crippen LogP contribution is 2.11. The number of aromatic nitrogens is 2. The first-order valence-electron chi connectivity index (χ1n) is 4.21. The third-order valence-corrected chi connectivity index (χ3v) is 2.18. The van der Waals surface area contributed by atoms with Crippen molar-refractivity contribution in [2.24, 2.45) is 0 Å². The molecule has 0 aliphatic rings. The van der Waals surface area contributed by atoms with E-state index >= 15 is 0 Å². The Bertz CT molecular complexity index is 295. The smallest absolute Gasteiger partial charge is 0.224 e. The van der Waals surface area contributed by atoms with Crippen LogP contribution in [0.2, 0.25) is 0 Å². The second-order valence-corrected chi connectivity index (χ2v) is 3.55. The minimum Gasteiger partial charge on any atom is -0.367 e. The zero-order valence-electron chi connectivity index (χ0n) is 8.17. The van der Waals surface area contributed by atoms with Crippen LogP contribution in [0.15, 0.2) is 6.20 Å². The van der Waals surface area contributed by atoms with E-state index in [1.54, 1.807) is 18.8 Å². The number of nitrogens with one attached hydrogen (secondary N) is 2. The number of halogens is 1. The molecule has 0 spiro atoms. The van der Waals surface area contributed by atoms with E-state index in [1.165, 1.54) is 0 Å². The van der Waals surface area contributed by atoms with E-state index in [9.17, 15) is 4.39 Å². The van der Waals surface area contributed by atoms with Gasteiger partial charge in [-0.15, -0.1) is 0 Å². The maximum atomic E-state index is 13.1. The number of rotatable bonds is 5. The summed E-state index contributed by atoms with van der Waals surface area (Å²) in [6, 6.07) is 0. The number of thioether (sulfide) groups is 1. The normalized spacial score (nSPS) is 9.93. The third kappa shape index (κ3) is 3.02. The van der Waals surface area contributed by atoms with Crippen LogP contribution < -0.4 is 10.6 Å². The van der Waals surface area contributed by atoms with Gasteiger partial charge in [-0.2, -0.15) is 16.7 Å². The molecule has 0 saturated carbocycles. The van der Waals surface area contributed by atoms with E-state index in [1.807, 2.05) is 6.26 Å². The first-order valence-corrected chi connectivity index (χ1v) is 5.60. The zero-order chi connectivity index (χ0) is 10.4. The molecular formula is C8H13FN4S. The van der Waals surface area contributed by atoms with Gasteiger partial charge in [-0.05, 0) is 6.26 Å². The van der Waals surface area contributed by atoms with Crippen molar-refractivity contribution in [3.63, 3.8) is 0 Å². The summed E-state index contributed by atoms with van der Waals surface area (Å²) in [5.74, 6) is 1.15. The third-order valence-electron chi connectivity index (χ3n) is 1.57. The molecule has 0 radical (unpaired) electrons. The first-order chi connectivity index (χ1) is 6.77. The lowest BCUT2D eigenvalue weighted by atomic mass is 10.5. The predicted octanol–water partition coefficient (Wildman–Crippen LogP) is 1.43. The highest BCUT2D eigenvalue weighted by atomic mass is 32.2. The van der Waals surface area contributed by atoms with Crippen LogP contribution in [0.3, 0.4) is 0 Å². The Hall–Kier alpha value is -1.04. The molecule has 78 valence electrons. The van der Waals surface area contributed by atoms with Crippen LogP contribution in [0.5, 0.6) is 0 Å². The SMILES string of the molecule is CNc1ncc(F)c(NCCSC)n1. The summed E-state index contributed by atoms with van der Waals surface area (Å²) in [7, 11) is 1.69. The molecule has 6 heteroatoms. The van der Waals surface area contributed by atoms with Gasteiger partial charge in [0.05, 0.1) is 6.20 Å². The van der Waals surface area contributed by atoms with Crippen molar-refractivity contribution < 1.29 is 4.39 Å². The van der Waals surface area contributed by atoms with Crippen molar-refractivity contribution >= 4 is 23.5 Å². The maximum Gasteiger partial charge on any atom is 0.224 e. The fraction of sp³-hybridized carbons (Fsp3) is 0.500. The first kappa shape index (κ1) is 11.0. The van der Waals surface area contributed by atoms with Crippen molar-refractivity contribution in [2.45, 2.75) is 0 Å². The Balaban J connectivity index is 2.64. The van der Waals surface area contributed by atoms with Gasteiger partial charge in [-0.25, -0.2) is 9.37 Å². The van der Waals surface area contributed by atoms with Crippen LogP contribution in [0.4, 0.5) is 16.2 Å². The summed E-state index contributed by atoms with van der Waals surface area (Å²) >= 11 is 1.69. The second-order valence-electron chi connectivity index (χ2n) is 2.56. The van der Waals surface area contributed by atoms with E-state index < -0.39 is 5.82 Å². The van der Waals surface area contributed by atoms with Crippen LogP contribution in [0.25, 0.3) is 0 Å². The van der Waals surface area contributed by atoms with E-state index in [2.05, 4.69) is 20.6 Å². The van der Waals surface area contributed by atoms with Gasteiger partial charge in [0.25, 0.3) is 0 Å². The molecule has 0 fully saturated rings. The van der Waals surface area contributed by atoms with Gasteiger partial charge in [-0.3, -0.25) is 0 Å². The van der Waals surface area contributed by atoms with E-state index in [0.29, 0.717) is 12.5 Å². The molecular weight excluding hydrogens is 203 g/mol. The molecule has 0 amide bonds. The summed E-state index contributed by atoms with van der Waals surface area (Å²) in [5.41, 5.74) is 0. The van der Waals surface area contributed by atoms with Gasteiger partial charge in [0.2, 0.25) is 5.95 Å². The van der Waals surface area contributed by atoms with Gasteiger partial charge in [0, 0.05) is 19.3 Å². The van der Waals surface area contributed by atoms with Crippen LogP contribution in [0, 0.1) is 5.82 Å². The minimum atomic E-state index is -0.426. The fourth-order valence-corrected chi connectivity index (χ4v) is 1.19. The largest absolute Gasteiger partial charge is 0.367 e. The molecule has 1 aromatic heterocycles. The Morgan fingerprint density at radius 1 is 1.57 bits per heavy atom. The summed E-state index contributed by atoms with van der Waals surface area (Å²) in [6.07, 6.45) is 3.15. The van der Waals surface area contributed by atoms with Gasteiger partial charge < -0.3 is 10.6 Å². The quantitative estimate of drug-likeness (QED) is 0.729. The molecule has 1 rings (SSSR count). The van der Waals surface area contributed by atoms with E-state index in [-0.39, 0.29) is 5.82 Å². The average Bonchev–Trinajstić information content (AvgIpc) is 2.21. The summed E-state index contributed by atoms with van der Waals surface area (Å²) in [5, 5.41) is 5.65. The van der Waals surface area contributed by atoms with E-state index in [4.69, 9.17) is 0 Å². The molecule has 0 bridgehead atoms. The van der Waals surface area contributed by atoms with Crippen molar-refractivity contribution in [3.05, 3.63) is 12.0 Å². The molecule has 1 heterocycles. The highest BCUT2D eigenvalue weighted by Gasteiger charge is 2.04. The molecule has 0 atom stereocenters. The standard InChI is InChI=1S/C8H13FN4S/c1-10-8-12-5-6(9)7(13-8)11-3-4-14-2/h5H,3-4H2,1-2H3,(H2,10,11,12,13). The predicted molar refractivity (Wildman–Crippen MR) is 58.4 cm³/mol. The molecule has 0 unspecified atom stereocenters. The molecule has 4 nitrogen and oxygen atoms in total. The Kier molecular flexibility index (Phi) is 4.45. The van der Waals surface area contributed by atoms with Gasteiger partial charge in [0.1, 0.15) is 0 Å².